The second-order valence-electron chi connectivity index (χ2n) is 4.00. The zero-order valence-corrected chi connectivity index (χ0v) is 10.1. The second kappa shape index (κ2) is 3.71. The van der Waals surface area contributed by atoms with Gasteiger partial charge in [-0.2, -0.15) is 0 Å². The lowest BCUT2D eigenvalue weighted by Gasteiger charge is -2.26. The summed E-state index contributed by atoms with van der Waals surface area (Å²) in [5.41, 5.74) is 6.36. The van der Waals surface area contributed by atoms with Crippen molar-refractivity contribution in [3.8, 4) is 0 Å². The molecule has 92 valence electrons. The molecule has 2 rings (SSSR count). The summed E-state index contributed by atoms with van der Waals surface area (Å²) in [6, 6.07) is 1.56. The highest BCUT2D eigenvalue weighted by Crippen LogP contribution is 2.36. The van der Waals surface area contributed by atoms with Crippen LogP contribution in [0.25, 0.3) is 0 Å². The van der Waals surface area contributed by atoms with Gasteiger partial charge in [-0.1, -0.05) is 17.3 Å². The first-order valence-electron chi connectivity index (χ1n) is 4.96. The Morgan fingerprint density at radius 3 is 2.65 bits per heavy atom. The topological polar surface area (TPSA) is 112 Å². The number of nitrogens with zero attached hydrogens (tertiary/aromatic N) is 1. The van der Waals surface area contributed by atoms with Crippen LogP contribution >= 0.6 is 0 Å². The molecule has 0 amide bonds. The van der Waals surface area contributed by atoms with E-state index in [0.717, 1.165) is 0 Å². The van der Waals surface area contributed by atoms with Crippen molar-refractivity contribution >= 4 is 10.0 Å². The van der Waals surface area contributed by atoms with E-state index in [1.807, 2.05) is 0 Å². The van der Waals surface area contributed by atoms with E-state index in [1.54, 1.807) is 19.1 Å². The van der Waals surface area contributed by atoms with Crippen molar-refractivity contribution in [2.75, 3.05) is 0 Å². The minimum atomic E-state index is -3.86. The minimum absolute atomic E-state index is 0.153. The van der Waals surface area contributed by atoms with E-state index in [1.165, 1.54) is 12.2 Å². The second-order valence-corrected chi connectivity index (χ2v) is 5.82. The maximum atomic E-state index is 11.8. The number of aromatic nitrogens is 1. The van der Waals surface area contributed by atoms with E-state index in [0.29, 0.717) is 11.5 Å². The predicted molar refractivity (Wildman–Crippen MR) is 62.1 cm³/mol. The summed E-state index contributed by atoms with van der Waals surface area (Å²) in [5.74, 6) is 0.527. The number of rotatable bonds is 2. The maximum Gasteiger partial charge on any atom is 0.224 e. The molecular formula is C10H13N3O3S. The molecule has 1 aromatic heterocycles. The molecule has 1 aromatic rings. The highest BCUT2D eigenvalue weighted by Gasteiger charge is 2.44. The van der Waals surface area contributed by atoms with Crippen molar-refractivity contribution in [3.05, 3.63) is 41.4 Å². The quantitative estimate of drug-likeness (QED) is 0.787. The van der Waals surface area contributed by atoms with Crippen molar-refractivity contribution in [3.63, 3.8) is 0 Å². The van der Waals surface area contributed by atoms with Crippen LogP contribution < -0.4 is 10.9 Å². The van der Waals surface area contributed by atoms with Crippen molar-refractivity contribution in [2.45, 2.75) is 18.1 Å². The molecule has 0 aromatic carbocycles. The molecule has 0 fully saturated rings. The molecule has 1 atom stereocenters. The van der Waals surface area contributed by atoms with Crippen LogP contribution in [0, 0.1) is 6.92 Å². The Balaban J connectivity index is 2.59. The van der Waals surface area contributed by atoms with Gasteiger partial charge in [0.25, 0.3) is 0 Å². The Bertz CT molecular complexity index is 600. The Kier molecular flexibility index (Phi) is 2.59. The highest BCUT2D eigenvalue weighted by molar-refractivity contribution is 7.90. The fourth-order valence-electron chi connectivity index (χ4n) is 1.75. The van der Waals surface area contributed by atoms with Gasteiger partial charge < -0.3 is 10.3 Å². The van der Waals surface area contributed by atoms with Gasteiger partial charge >= 0.3 is 0 Å². The Morgan fingerprint density at radius 2 is 2.24 bits per heavy atom. The molecule has 0 saturated carbocycles. The van der Waals surface area contributed by atoms with Crippen LogP contribution in [0.15, 0.2) is 34.5 Å². The molecule has 0 bridgehead atoms. The molecule has 0 aliphatic heterocycles. The smallest absolute Gasteiger partial charge is 0.224 e. The van der Waals surface area contributed by atoms with Crippen LogP contribution in [-0.2, 0) is 14.8 Å². The first-order valence-corrected chi connectivity index (χ1v) is 6.51. The zero-order valence-electron chi connectivity index (χ0n) is 9.25. The maximum absolute atomic E-state index is 11.8. The van der Waals surface area contributed by atoms with Crippen LogP contribution in [-0.4, -0.2) is 13.6 Å². The average molecular weight is 255 g/mol. The third-order valence-corrected chi connectivity index (χ3v) is 4.28. The summed E-state index contributed by atoms with van der Waals surface area (Å²) in [6.07, 6.45) is 4.72. The first kappa shape index (κ1) is 11.9. The number of allylic oxidation sites excluding steroid dienone is 2. The van der Waals surface area contributed by atoms with Gasteiger partial charge in [0, 0.05) is 11.8 Å². The first-order chi connectivity index (χ1) is 7.85. The van der Waals surface area contributed by atoms with E-state index in [9.17, 15) is 8.42 Å². The summed E-state index contributed by atoms with van der Waals surface area (Å²) in [6.45, 7) is 1.68. The summed E-state index contributed by atoms with van der Waals surface area (Å²) < 4.78 is 27.1. The number of sulfonamides is 1. The van der Waals surface area contributed by atoms with Gasteiger partial charge in [-0.3, -0.25) is 0 Å². The van der Waals surface area contributed by atoms with Crippen LogP contribution in [0.1, 0.15) is 17.9 Å². The molecule has 4 N–H and O–H groups in total. The minimum Gasteiger partial charge on any atom is -0.399 e. The standard InChI is InChI=1S/C10H13N3O3S/c1-7-6-9(13-16-7)10(17(12,14)15)4-2-8(11)3-5-10/h2-4,6H,5,11H2,1H3,(H2,12,14,15). The van der Waals surface area contributed by atoms with E-state index >= 15 is 0 Å². The van der Waals surface area contributed by atoms with Gasteiger partial charge in [-0.15, -0.1) is 0 Å². The van der Waals surface area contributed by atoms with Crippen molar-refractivity contribution < 1.29 is 12.9 Å². The van der Waals surface area contributed by atoms with E-state index in [4.69, 9.17) is 15.4 Å². The molecule has 1 unspecified atom stereocenters. The lowest BCUT2D eigenvalue weighted by molar-refractivity contribution is 0.384. The van der Waals surface area contributed by atoms with Crippen molar-refractivity contribution in [1.29, 1.82) is 0 Å². The molecular weight excluding hydrogens is 242 g/mol. The number of hydrogen-bond donors (Lipinski definition) is 2. The third kappa shape index (κ3) is 1.87. The molecule has 1 heterocycles. The number of nitrogens with two attached hydrogens (primary N) is 2. The van der Waals surface area contributed by atoms with Gasteiger partial charge in [-0.25, -0.2) is 13.6 Å². The summed E-state index contributed by atoms with van der Waals surface area (Å²) in [5, 5.41) is 9.05. The molecule has 17 heavy (non-hydrogen) atoms. The molecule has 1 aliphatic carbocycles. The number of hydrogen-bond acceptors (Lipinski definition) is 5. The van der Waals surface area contributed by atoms with Gasteiger partial charge in [0.05, 0.1) is 0 Å². The summed E-state index contributed by atoms with van der Waals surface area (Å²) in [7, 11) is -3.86. The Hall–Kier alpha value is -1.60. The van der Waals surface area contributed by atoms with Crippen molar-refractivity contribution in [1.82, 2.24) is 5.16 Å². The lowest BCUT2D eigenvalue weighted by Crippen LogP contribution is -2.40. The van der Waals surface area contributed by atoms with Crippen LogP contribution in [0.5, 0.6) is 0 Å². The summed E-state index contributed by atoms with van der Waals surface area (Å²) in [4.78, 5) is 0. The van der Waals surface area contributed by atoms with Crippen LogP contribution in [0.2, 0.25) is 0 Å². The highest BCUT2D eigenvalue weighted by atomic mass is 32.2. The average Bonchev–Trinajstić information content (AvgIpc) is 2.65. The van der Waals surface area contributed by atoms with E-state index in [2.05, 4.69) is 5.16 Å². The van der Waals surface area contributed by atoms with Crippen LogP contribution in [0.3, 0.4) is 0 Å². The number of primary sulfonamides is 1. The lowest BCUT2D eigenvalue weighted by atomic mass is 9.95. The van der Waals surface area contributed by atoms with Crippen LogP contribution in [0.4, 0.5) is 0 Å². The van der Waals surface area contributed by atoms with E-state index in [-0.39, 0.29) is 12.1 Å². The predicted octanol–water partition coefficient (Wildman–Crippen LogP) is 0.269. The molecule has 0 radical (unpaired) electrons. The molecule has 0 spiro atoms. The Morgan fingerprint density at radius 1 is 1.53 bits per heavy atom. The zero-order chi connectivity index (χ0) is 12.7. The molecule has 7 heteroatoms. The SMILES string of the molecule is Cc1cc(C2(S(N)(=O)=O)C=CC(N)=CC2)no1. The molecule has 1 aliphatic rings. The fourth-order valence-corrected chi connectivity index (χ4v) is 2.71. The van der Waals surface area contributed by atoms with Gasteiger partial charge in [0.15, 0.2) is 4.75 Å². The van der Waals surface area contributed by atoms with Crippen molar-refractivity contribution in [2.24, 2.45) is 10.9 Å². The van der Waals surface area contributed by atoms with Gasteiger partial charge in [-0.05, 0) is 19.4 Å². The van der Waals surface area contributed by atoms with Gasteiger partial charge in [0.1, 0.15) is 11.5 Å². The van der Waals surface area contributed by atoms with E-state index < -0.39 is 14.8 Å². The Labute approximate surface area is 99.0 Å². The number of aryl methyl sites for hydroxylation is 1. The summed E-state index contributed by atoms with van der Waals surface area (Å²) >= 11 is 0. The molecule has 0 saturated heterocycles. The largest absolute Gasteiger partial charge is 0.399 e. The molecule has 6 nitrogen and oxygen atoms in total. The monoisotopic (exact) mass is 255 g/mol. The normalized spacial score (nSPS) is 24.7. The fraction of sp³-hybridized carbons (Fsp3) is 0.300. The third-order valence-electron chi connectivity index (χ3n) is 2.76. The van der Waals surface area contributed by atoms with Gasteiger partial charge in [0.2, 0.25) is 10.0 Å².